The van der Waals surface area contributed by atoms with Crippen molar-refractivity contribution >= 4 is 11.0 Å². The summed E-state index contributed by atoms with van der Waals surface area (Å²) >= 11 is 0. The second kappa shape index (κ2) is 5.80. The van der Waals surface area contributed by atoms with E-state index in [9.17, 15) is 9.50 Å². The number of aliphatic hydroxyl groups excluding tert-OH is 1. The summed E-state index contributed by atoms with van der Waals surface area (Å²) in [6.45, 7) is 1.60. The summed E-state index contributed by atoms with van der Waals surface area (Å²) in [5.74, 6) is -0.0512. The Morgan fingerprint density at radius 3 is 2.61 bits per heavy atom. The van der Waals surface area contributed by atoms with E-state index in [1.54, 1.807) is 25.1 Å². The number of fused-ring (bicyclic) bond motifs is 1. The standard InChI is InChI=1S/C17H15FN4O/c1-9(23)16(20)17-21-14-5-4-11(7-15(14)22-17)10-2-3-12(8-19)13(18)6-10/h2-7,9,16,23H,20H2,1H3,(H,21,22)/t9-,16+/m1/s1. The van der Waals surface area contributed by atoms with Crippen LogP contribution in [-0.2, 0) is 0 Å². The number of rotatable bonds is 3. The Balaban J connectivity index is 2.03. The summed E-state index contributed by atoms with van der Waals surface area (Å²) in [6.07, 6.45) is -0.720. The van der Waals surface area contributed by atoms with E-state index in [1.807, 2.05) is 12.1 Å². The van der Waals surface area contributed by atoms with Crippen molar-refractivity contribution in [3.05, 3.63) is 53.6 Å². The first-order chi connectivity index (χ1) is 11.0. The Kier molecular flexibility index (Phi) is 3.82. The molecule has 4 N–H and O–H groups in total. The van der Waals surface area contributed by atoms with E-state index in [2.05, 4.69) is 9.97 Å². The Morgan fingerprint density at radius 1 is 1.26 bits per heavy atom. The van der Waals surface area contributed by atoms with Gasteiger partial charge in [0.05, 0.1) is 28.7 Å². The number of halogens is 1. The molecule has 0 bridgehead atoms. The van der Waals surface area contributed by atoms with Crippen molar-refractivity contribution in [3.8, 4) is 17.2 Å². The minimum Gasteiger partial charge on any atom is -0.391 e. The highest BCUT2D eigenvalue weighted by molar-refractivity contribution is 5.82. The molecule has 23 heavy (non-hydrogen) atoms. The normalized spacial score (nSPS) is 13.7. The largest absolute Gasteiger partial charge is 0.391 e. The maximum absolute atomic E-state index is 13.8. The molecular weight excluding hydrogens is 295 g/mol. The van der Waals surface area contributed by atoms with Crippen LogP contribution < -0.4 is 5.73 Å². The molecule has 0 fully saturated rings. The minimum absolute atomic E-state index is 0.0153. The molecule has 5 nitrogen and oxygen atoms in total. The third-order valence-corrected chi connectivity index (χ3v) is 3.76. The molecule has 2 aromatic carbocycles. The Labute approximate surface area is 132 Å². The number of nitrogens with two attached hydrogens (primary N) is 1. The number of benzene rings is 2. The highest BCUT2D eigenvalue weighted by atomic mass is 19.1. The molecule has 0 spiro atoms. The van der Waals surface area contributed by atoms with E-state index in [0.717, 1.165) is 11.1 Å². The Hall–Kier alpha value is -2.75. The molecule has 0 unspecified atom stereocenters. The number of aromatic amines is 1. The molecule has 116 valence electrons. The molecule has 3 rings (SSSR count). The van der Waals surface area contributed by atoms with Gasteiger partial charge >= 0.3 is 0 Å². The molecule has 1 heterocycles. The molecule has 0 aliphatic rings. The van der Waals surface area contributed by atoms with Gasteiger partial charge in [0.1, 0.15) is 17.7 Å². The first-order valence-corrected chi connectivity index (χ1v) is 7.13. The molecule has 3 aromatic rings. The molecule has 0 saturated heterocycles. The van der Waals surface area contributed by atoms with E-state index in [-0.39, 0.29) is 5.56 Å². The van der Waals surface area contributed by atoms with Crippen LogP contribution in [0.2, 0.25) is 0 Å². The number of imidazole rings is 1. The van der Waals surface area contributed by atoms with Crippen LogP contribution >= 0.6 is 0 Å². The highest BCUT2D eigenvalue weighted by Gasteiger charge is 2.16. The van der Waals surface area contributed by atoms with Crippen LogP contribution in [0.4, 0.5) is 4.39 Å². The van der Waals surface area contributed by atoms with Gasteiger partial charge in [0.15, 0.2) is 0 Å². The van der Waals surface area contributed by atoms with Crippen molar-refractivity contribution in [1.29, 1.82) is 5.26 Å². The quantitative estimate of drug-likeness (QED) is 0.692. The minimum atomic E-state index is -0.720. The molecule has 0 saturated carbocycles. The van der Waals surface area contributed by atoms with Crippen molar-refractivity contribution in [2.45, 2.75) is 19.1 Å². The summed E-state index contributed by atoms with van der Waals surface area (Å²) in [6, 6.07) is 11.1. The molecule has 0 amide bonds. The van der Waals surface area contributed by atoms with Gasteiger partial charge in [-0.1, -0.05) is 12.1 Å². The van der Waals surface area contributed by atoms with Crippen molar-refractivity contribution in [1.82, 2.24) is 9.97 Å². The first kappa shape index (κ1) is 15.2. The first-order valence-electron chi connectivity index (χ1n) is 7.13. The number of nitriles is 1. The third-order valence-electron chi connectivity index (χ3n) is 3.76. The molecule has 0 radical (unpaired) electrons. The van der Waals surface area contributed by atoms with Crippen LogP contribution in [0.1, 0.15) is 24.4 Å². The van der Waals surface area contributed by atoms with Crippen molar-refractivity contribution in [2.75, 3.05) is 0 Å². The molecule has 6 heteroatoms. The number of nitrogens with zero attached hydrogens (tertiary/aromatic N) is 2. The number of H-pyrrole nitrogens is 1. The highest BCUT2D eigenvalue weighted by Crippen LogP contribution is 2.26. The van der Waals surface area contributed by atoms with Gasteiger partial charge in [-0.25, -0.2) is 9.37 Å². The van der Waals surface area contributed by atoms with Crippen LogP contribution in [0.3, 0.4) is 0 Å². The van der Waals surface area contributed by atoms with Gasteiger partial charge in [0.25, 0.3) is 0 Å². The van der Waals surface area contributed by atoms with Crippen molar-refractivity contribution in [3.63, 3.8) is 0 Å². The van der Waals surface area contributed by atoms with E-state index < -0.39 is 18.0 Å². The molecule has 1 aromatic heterocycles. The Morgan fingerprint density at radius 2 is 1.96 bits per heavy atom. The monoisotopic (exact) mass is 310 g/mol. The average molecular weight is 310 g/mol. The fraction of sp³-hybridized carbons (Fsp3) is 0.176. The summed E-state index contributed by atoms with van der Waals surface area (Å²) < 4.78 is 13.8. The van der Waals surface area contributed by atoms with Gasteiger partial charge in [-0.05, 0) is 42.3 Å². The number of aromatic nitrogens is 2. The zero-order valence-electron chi connectivity index (χ0n) is 12.4. The molecule has 0 aliphatic carbocycles. The second-order valence-corrected chi connectivity index (χ2v) is 5.43. The number of hydrogen-bond donors (Lipinski definition) is 3. The number of nitrogens with one attached hydrogen (secondary N) is 1. The van der Waals surface area contributed by atoms with E-state index in [4.69, 9.17) is 11.0 Å². The lowest BCUT2D eigenvalue weighted by atomic mass is 10.0. The van der Waals surface area contributed by atoms with Gasteiger partial charge in [0, 0.05) is 0 Å². The van der Waals surface area contributed by atoms with E-state index in [0.29, 0.717) is 16.9 Å². The fourth-order valence-electron chi connectivity index (χ4n) is 2.38. The SMILES string of the molecule is C[C@@H](O)[C@H](N)c1nc2ccc(-c3ccc(C#N)c(F)c3)cc2[nH]1. The zero-order valence-corrected chi connectivity index (χ0v) is 12.4. The fourth-order valence-corrected chi connectivity index (χ4v) is 2.38. The molecule has 2 atom stereocenters. The lowest BCUT2D eigenvalue weighted by molar-refractivity contribution is 0.161. The van der Waals surface area contributed by atoms with Gasteiger partial charge in [-0.2, -0.15) is 5.26 Å². The summed E-state index contributed by atoms with van der Waals surface area (Å²) in [4.78, 5) is 7.44. The third kappa shape index (κ3) is 2.80. The van der Waals surface area contributed by atoms with Crippen LogP contribution in [-0.4, -0.2) is 21.2 Å². The number of hydrogen-bond acceptors (Lipinski definition) is 4. The molecular formula is C17H15FN4O. The van der Waals surface area contributed by atoms with Crippen molar-refractivity contribution < 1.29 is 9.50 Å². The average Bonchev–Trinajstić information content (AvgIpc) is 2.96. The van der Waals surface area contributed by atoms with E-state index in [1.165, 1.54) is 12.1 Å². The summed E-state index contributed by atoms with van der Waals surface area (Å²) in [5, 5.41) is 18.3. The number of aliphatic hydroxyl groups is 1. The maximum Gasteiger partial charge on any atom is 0.141 e. The maximum atomic E-state index is 13.8. The van der Waals surface area contributed by atoms with Crippen LogP contribution in [0.25, 0.3) is 22.2 Å². The van der Waals surface area contributed by atoms with Crippen molar-refractivity contribution in [2.24, 2.45) is 5.73 Å². The summed E-state index contributed by atoms with van der Waals surface area (Å²) in [7, 11) is 0. The van der Waals surface area contributed by atoms with Gasteiger partial charge in [-0.15, -0.1) is 0 Å². The molecule has 0 aliphatic heterocycles. The van der Waals surface area contributed by atoms with Gasteiger partial charge in [-0.3, -0.25) is 0 Å². The zero-order chi connectivity index (χ0) is 16.6. The van der Waals surface area contributed by atoms with Gasteiger partial charge < -0.3 is 15.8 Å². The second-order valence-electron chi connectivity index (χ2n) is 5.43. The summed E-state index contributed by atoms with van der Waals surface area (Å²) in [5.41, 5.74) is 8.82. The predicted octanol–water partition coefficient (Wildman–Crippen LogP) is 2.62. The predicted molar refractivity (Wildman–Crippen MR) is 84.8 cm³/mol. The van der Waals surface area contributed by atoms with Gasteiger partial charge in [0.2, 0.25) is 0 Å². The lowest BCUT2D eigenvalue weighted by Gasteiger charge is -2.10. The van der Waals surface area contributed by atoms with Crippen LogP contribution in [0.15, 0.2) is 36.4 Å². The topological polar surface area (TPSA) is 98.7 Å². The Bertz CT molecular complexity index is 911. The van der Waals surface area contributed by atoms with E-state index >= 15 is 0 Å². The van der Waals surface area contributed by atoms with Crippen LogP contribution in [0.5, 0.6) is 0 Å². The smallest absolute Gasteiger partial charge is 0.141 e. The van der Waals surface area contributed by atoms with Crippen LogP contribution in [0, 0.1) is 17.1 Å². The lowest BCUT2D eigenvalue weighted by Crippen LogP contribution is -2.24.